The molecule has 0 aromatic carbocycles. The number of likely N-dealkylation sites (N-methyl/N-ethyl adjacent to an activating group) is 1. The minimum atomic E-state index is -1.67. The Hall–Kier alpha value is 0.490. The van der Waals surface area contributed by atoms with Crippen LogP contribution < -0.4 is 5.32 Å². The van der Waals surface area contributed by atoms with Crippen molar-refractivity contribution in [1.82, 2.24) is 5.32 Å². The lowest BCUT2D eigenvalue weighted by Crippen LogP contribution is -2.75. The summed E-state index contributed by atoms with van der Waals surface area (Å²) >= 11 is 0. The monoisotopic (exact) mass is 349 g/mol. The summed E-state index contributed by atoms with van der Waals surface area (Å²) in [6, 6.07) is 0. The van der Waals surface area contributed by atoms with Gasteiger partial charge in [-0.05, 0) is 20.9 Å². The van der Waals surface area contributed by atoms with E-state index in [9.17, 15) is 15.3 Å². The van der Waals surface area contributed by atoms with Gasteiger partial charge >= 0.3 is 0 Å². The average Bonchev–Trinajstić information content (AvgIpc) is 2.20. The lowest BCUT2D eigenvalue weighted by molar-refractivity contribution is -0.336. The van der Waals surface area contributed by atoms with E-state index in [-0.39, 0.29) is 24.0 Å². The maximum Gasteiger partial charge on any atom is 0.184 e. The second kappa shape index (κ2) is 5.42. The average molecular weight is 349 g/mol. The van der Waals surface area contributed by atoms with Gasteiger partial charge in [0.15, 0.2) is 5.79 Å². The molecule has 0 aliphatic carbocycles. The minimum absolute atomic E-state index is 0. The van der Waals surface area contributed by atoms with E-state index in [1.807, 2.05) is 0 Å². The van der Waals surface area contributed by atoms with Gasteiger partial charge in [0.05, 0.1) is 12.1 Å². The second-order valence-electron chi connectivity index (χ2n) is 4.21. The molecule has 0 aromatic rings. The highest BCUT2D eigenvalue weighted by Crippen LogP contribution is 2.35. The Morgan fingerprint density at radius 1 is 1.31 bits per heavy atom. The number of aliphatic hydroxyl groups excluding tert-OH is 3. The van der Waals surface area contributed by atoms with Crippen molar-refractivity contribution in [3.8, 4) is 0 Å². The first kappa shape index (κ1) is 16.5. The highest BCUT2D eigenvalue weighted by atomic mass is 127. The first-order valence-corrected chi connectivity index (χ1v) is 4.86. The first-order chi connectivity index (χ1) is 6.80. The minimum Gasteiger partial charge on any atom is -0.394 e. The Kier molecular flexibility index (Phi) is 5.59. The number of ether oxygens (including phenoxy) is 1. The Morgan fingerprint density at radius 2 is 1.81 bits per heavy atom. The molecule has 5 atom stereocenters. The van der Waals surface area contributed by atoms with E-state index >= 15 is 0 Å². The molecule has 1 unspecified atom stereocenters. The second-order valence-corrected chi connectivity index (χ2v) is 4.21. The number of aliphatic hydroxyl groups is 4. The van der Waals surface area contributed by atoms with Crippen LogP contribution in [0.4, 0.5) is 0 Å². The molecule has 0 aromatic heterocycles. The van der Waals surface area contributed by atoms with Crippen molar-refractivity contribution in [2.75, 3.05) is 13.7 Å². The van der Waals surface area contributed by atoms with Crippen LogP contribution in [0.5, 0.6) is 0 Å². The van der Waals surface area contributed by atoms with Crippen LogP contribution in [0, 0.1) is 0 Å². The van der Waals surface area contributed by atoms with Crippen molar-refractivity contribution >= 4 is 24.0 Å². The van der Waals surface area contributed by atoms with E-state index in [1.165, 1.54) is 13.8 Å². The molecule has 0 amide bonds. The molecule has 0 bridgehead atoms. The van der Waals surface area contributed by atoms with Gasteiger partial charge in [-0.25, -0.2) is 0 Å². The summed E-state index contributed by atoms with van der Waals surface area (Å²) in [4.78, 5) is 0. The van der Waals surface area contributed by atoms with Crippen LogP contribution >= 0.6 is 24.0 Å². The Morgan fingerprint density at radius 3 is 2.19 bits per heavy atom. The summed E-state index contributed by atoms with van der Waals surface area (Å²) in [6.07, 6.45) is -3.47. The SMILES string of the molecule is CN[C@]1(C)[C@@H](O)[C@H](O)[C@@H](CO)OC1(C)O.I. The van der Waals surface area contributed by atoms with Gasteiger partial charge < -0.3 is 30.5 Å². The zero-order chi connectivity index (χ0) is 11.9. The molecule has 16 heavy (non-hydrogen) atoms. The fraction of sp³-hybridized carbons (Fsp3) is 1.00. The molecular formula is C9H20INO5. The largest absolute Gasteiger partial charge is 0.394 e. The van der Waals surface area contributed by atoms with Crippen molar-refractivity contribution < 1.29 is 25.2 Å². The Bertz CT molecular complexity index is 240. The summed E-state index contributed by atoms with van der Waals surface area (Å²) in [5.41, 5.74) is -1.20. The Labute approximate surface area is 112 Å². The van der Waals surface area contributed by atoms with Crippen molar-refractivity contribution in [2.45, 2.75) is 43.5 Å². The van der Waals surface area contributed by atoms with Gasteiger partial charge in [-0.15, -0.1) is 24.0 Å². The quantitative estimate of drug-likeness (QED) is 0.385. The molecule has 5 N–H and O–H groups in total. The van der Waals surface area contributed by atoms with Crippen molar-refractivity contribution in [3.63, 3.8) is 0 Å². The van der Waals surface area contributed by atoms with E-state index in [4.69, 9.17) is 9.84 Å². The van der Waals surface area contributed by atoms with Crippen LogP contribution in [0.1, 0.15) is 13.8 Å². The molecule has 7 heteroatoms. The fourth-order valence-electron chi connectivity index (χ4n) is 1.83. The molecular weight excluding hydrogens is 329 g/mol. The highest BCUT2D eigenvalue weighted by Gasteiger charge is 2.58. The van der Waals surface area contributed by atoms with Gasteiger partial charge in [0.1, 0.15) is 18.3 Å². The van der Waals surface area contributed by atoms with Crippen LogP contribution in [0.2, 0.25) is 0 Å². The molecule has 98 valence electrons. The molecule has 1 saturated heterocycles. The summed E-state index contributed by atoms with van der Waals surface area (Å²) in [6.45, 7) is 2.45. The van der Waals surface area contributed by atoms with Crippen LogP contribution in [0.3, 0.4) is 0 Å². The van der Waals surface area contributed by atoms with Crippen LogP contribution in [-0.4, -0.2) is 63.7 Å². The molecule has 0 saturated carbocycles. The van der Waals surface area contributed by atoms with E-state index in [1.54, 1.807) is 7.05 Å². The number of halogens is 1. The number of nitrogens with one attached hydrogen (secondary N) is 1. The fourth-order valence-corrected chi connectivity index (χ4v) is 1.83. The van der Waals surface area contributed by atoms with Crippen LogP contribution in [0.25, 0.3) is 0 Å². The zero-order valence-corrected chi connectivity index (χ0v) is 11.9. The molecule has 1 heterocycles. The third-order valence-corrected chi connectivity index (χ3v) is 3.34. The number of hydrogen-bond donors (Lipinski definition) is 5. The van der Waals surface area contributed by atoms with Gasteiger partial charge in [-0.2, -0.15) is 0 Å². The Balaban J connectivity index is 0.00000225. The van der Waals surface area contributed by atoms with Gasteiger partial charge in [-0.3, -0.25) is 0 Å². The van der Waals surface area contributed by atoms with E-state index in [0.717, 1.165) is 0 Å². The lowest BCUT2D eigenvalue weighted by atomic mass is 9.79. The van der Waals surface area contributed by atoms with Crippen molar-refractivity contribution in [3.05, 3.63) is 0 Å². The predicted octanol–water partition coefficient (Wildman–Crippen LogP) is -1.60. The molecule has 1 fully saturated rings. The predicted molar refractivity (Wildman–Crippen MR) is 67.5 cm³/mol. The van der Waals surface area contributed by atoms with Crippen LogP contribution in [0.15, 0.2) is 0 Å². The number of hydrogen-bond acceptors (Lipinski definition) is 6. The third-order valence-electron chi connectivity index (χ3n) is 3.34. The first-order valence-electron chi connectivity index (χ1n) is 4.86. The van der Waals surface area contributed by atoms with E-state index in [0.29, 0.717) is 0 Å². The molecule has 1 rings (SSSR count). The summed E-state index contributed by atoms with van der Waals surface area (Å²) in [5, 5.41) is 41.2. The number of rotatable bonds is 2. The van der Waals surface area contributed by atoms with Gasteiger partial charge in [0.2, 0.25) is 0 Å². The summed E-state index contributed by atoms with van der Waals surface area (Å²) in [5.74, 6) is -1.67. The highest BCUT2D eigenvalue weighted by molar-refractivity contribution is 14.0. The van der Waals surface area contributed by atoms with Gasteiger partial charge in [0, 0.05) is 0 Å². The normalized spacial score (nSPS) is 48.6. The lowest BCUT2D eigenvalue weighted by Gasteiger charge is -2.52. The zero-order valence-electron chi connectivity index (χ0n) is 9.54. The summed E-state index contributed by atoms with van der Waals surface area (Å²) < 4.78 is 5.15. The molecule has 6 nitrogen and oxygen atoms in total. The third kappa shape index (κ3) is 2.35. The molecule has 0 radical (unpaired) electrons. The summed E-state index contributed by atoms with van der Waals surface area (Å²) in [7, 11) is 1.55. The maximum atomic E-state index is 10.0. The van der Waals surface area contributed by atoms with Crippen molar-refractivity contribution in [2.24, 2.45) is 0 Å². The van der Waals surface area contributed by atoms with Crippen LogP contribution in [-0.2, 0) is 4.74 Å². The van der Waals surface area contributed by atoms with Crippen molar-refractivity contribution in [1.29, 1.82) is 0 Å². The van der Waals surface area contributed by atoms with Gasteiger partial charge in [-0.1, -0.05) is 0 Å². The van der Waals surface area contributed by atoms with E-state index in [2.05, 4.69) is 5.32 Å². The van der Waals surface area contributed by atoms with Gasteiger partial charge in [0.25, 0.3) is 0 Å². The molecule has 1 aliphatic rings. The molecule has 1 aliphatic heterocycles. The maximum absolute atomic E-state index is 10.0. The topological polar surface area (TPSA) is 102 Å². The smallest absolute Gasteiger partial charge is 0.184 e. The molecule has 0 spiro atoms. The van der Waals surface area contributed by atoms with E-state index < -0.39 is 36.2 Å². The standard InChI is InChI=1S/C9H19NO5.HI/c1-8(10-3)7(13)6(12)5(4-11)15-9(8,2)14;/h5-7,10-14H,4H2,1-3H3;1H/t5-,6-,7+,8-,9?;/m1./s1.